The zero-order chi connectivity index (χ0) is 13.3. The molecule has 0 radical (unpaired) electrons. The molecule has 0 bridgehead atoms. The van der Waals surface area contributed by atoms with Gasteiger partial charge in [-0.2, -0.15) is 4.98 Å². The Hall–Kier alpha value is -0.660. The summed E-state index contributed by atoms with van der Waals surface area (Å²) in [6, 6.07) is 5.39. The number of rotatable bonds is 3. The molecule has 1 atom stereocenters. The molecule has 0 aliphatic rings. The van der Waals surface area contributed by atoms with Crippen LogP contribution in [0.2, 0.25) is 5.02 Å². The van der Waals surface area contributed by atoms with E-state index in [-0.39, 0.29) is 12.0 Å². The first kappa shape index (κ1) is 13.8. The number of nitrogens with zero attached hydrogens (tertiary/aromatic N) is 2. The lowest BCUT2D eigenvalue weighted by Crippen LogP contribution is -2.18. The van der Waals surface area contributed by atoms with Crippen molar-refractivity contribution in [3.8, 4) is 11.5 Å². The third kappa shape index (κ3) is 2.84. The monoisotopic (exact) mass is 377 g/mol. The van der Waals surface area contributed by atoms with Gasteiger partial charge in [-0.25, -0.2) is 0 Å². The van der Waals surface area contributed by atoms with E-state index >= 15 is 0 Å². The van der Waals surface area contributed by atoms with Crippen LogP contribution >= 0.6 is 34.2 Å². The Morgan fingerprint density at radius 1 is 1.39 bits per heavy atom. The van der Waals surface area contributed by atoms with Crippen molar-refractivity contribution in [3.05, 3.63) is 32.6 Å². The normalized spacial score (nSPS) is 13.0. The van der Waals surface area contributed by atoms with Crippen LogP contribution in [0.4, 0.5) is 0 Å². The van der Waals surface area contributed by atoms with Gasteiger partial charge in [0, 0.05) is 9.13 Å². The molecule has 2 aromatic rings. The van der Waals surface area contributed by atoms with E-state index in [1.165, 1.54) is 0 Å². The van der Waals surface area contributed by atoms with Crippen molar-refractivity contribution in [2.75, 3.05) is 0 Å². The molecule has 0 aliphatic carbocycles. The van der Waals surface area contributed by atoms with Gasteiger partial charge >= 0.3 is 0 Å². The molecule has 1 aromatic carbocycles. The van der Waals surface area contributed by atoms with Gasteiger partial charge in [0.25, 0.3) is 5.89 Å². The van der Waals surface area contributed by atoms with E-state index in [1.54, 1.807) is 0 Å². The topological polar surface area (TPSA) is 64.9 Å². The zero-order valence-corrected chi connectivity index (χ0v) is 12.9. The summed E-state index contributed by atoms with van der Waals surface area (Å²) in [5, 5.41) is 4.58. The lowest BCUT2D eigenvalue weighted by molar-refractivity contribution is 0.400. The maximum absolute atomic E-state index is 6.06. The number of nitrogens with two attached hydrogens (primary N) is 1. The number of halogens is 2. The van der Waals surface area contributed by atoms with E-state index in [9.17, 15) is 0 Å². The standard InChI is InChI=1S/C12H13ClIN3O/c1-6(2)10(15)11-16-12(18-17-11)7-3-4-9(14)8(13)5-7/h3-6,10H,15H2,1-2H3. The highest BCUT2D eigenvalue weighted by Gasteiger charge is 2.18. The minimum atomic E-state index is -0.221. The van der Waals surface area contributed by atoms with Crippen molar-refractivity contribution in [2.24, 2.45) is 11.7 Å². The summed E-state index contributed by atoms with van der Waals surface area (Å²) < 4.78 is 6.20. The molecular formula is C12H13ClIN3O. The Balaban J connectivity index is 2.32. The predicted molar refractivity (Wildman–Crippen MR) is 79.2 cm³/mol. The third-order valence-electron chi connectivity index (χ3n) is 2.62. The van der Waals surface area contributed by atoms with Crippen molar-refractivity contribution in [3.63, 3.8) is 0 Å². The summed E-state index contributed by atoms with van der Waals surface area (Å²) in [6.45, 7) is 4.03. The molecule has 2 rings (SSSR count). The summed E-state index contributed by atoms with van der Waals surface area (Å²) in [7, 11) is 0. The molecule has 18 heavy (non-hydrogen) atoms. The lowest BCUT2D eigenvalue weighted by Gasteiger charge is -2.09. The lowest BCUT2D eigenvalue weighted by atomic mass is 10.1. The summed E-state index contributed by atoms with van der Waals surface area (Å²) in [4.78, 5) is 4.31. The number of hydrogen-bond acceptors (Lipinski definition) is 4. The van der Waals surface area contributed by atoms with Crippen LogP contribution in [0.3, 0.4) is 0 Å². The molecule has 6 heteroatoms. The van der Waals surface area contributed by atoms with Crippen LogP contribution in [0.15, 0.2) is 22.7 Å². The molecule has 1 unspecified atom stereocenters. The first-order valence-corrected chi connectivity index (χ1v) is 6.99. The molecular weight excluding hydrogens is 365 g/mol. The molecule has 0 fully saturated rings. The molecule has 0 spiro atoms. The van der Waals surface area contributed by atoms with E-state index in [2.05, 4.69) is 32.7 Å². The van der Waals surface area contributed by atoms with Crippen LogP contribution < -0.4 is 5.73 Å². The van der Waals surface area contributed by atoms with Gasteiger partial charge in [0.05, 0.1) is 11.1 Å². The fourth-order valence-corrected chi connectivity index (χ4v) is 1.93. The van der Waals surface area contributed by atoms with Gasteiger partial charge < -0.3 is 10.3 Å². The van der Waals surface area contributed by atoms with Gasteiger partial charge in [0.15, 0.2) is 5.82 Å². The molecule has 1 heterocycles. The largest absolute Gasteiger partial charge is 0.334 e. The average molecular weight is 378 g/mol. The Bertz CT molecular complexity index is 556. The van der Waals surface area contributed by atoms with Crippen LogP contribution in [0.1, 0.15) is 25.7 Å². The van der Waals surface area contributed by atoms with Crippen molar-refractivity contribution >= 4 is 34.2 Å². The van der Waals surface area contributed by atoms with Crippen LogP contribution in [-0.4, -0.2) is 10.1 Å². The van der Waals surface area contributed by atoms with E-state index < -0.39 is 0 Å². The molecule has 0 saturated heterocycles. The van der Waals surface area contributed by atoms with E-state index in [0.717, 1.165) is 9.13 Å². The summed E-state index contributed by atoms with van der Waals surface area (Å²) in [6.07, 6.45) is 0. The number of aromatic nitrogens is 2. The fourth-order valence-electron chi connectivity index (χ4n) is 1.41. The van der Waals surface area contributed by atoms with Gasteiger partial charge in [-0.1, -0.05) is 30.6 Å². The van der Waals surface area contributed by atoms with Gasteiger partial charge in [-0.05, 0) is 46.7 Å². The van der Waals surface area contributed by atoms with Crippen LogP contribution in [0.5, 0.6) is 0 Å². The van der Waals surface area contributed by atoms with Gasteiger partial charge in [-0.3, -0.25) is 0 Å². The molecule has 4 nitrogen and oxygen atoms in total. The third-order valence-corrected chi connectivity index (χ3v) is 4.20. The smallest absolute Gasteiger partial charge is 0.258 e. The second-order valence-electron chi connectivity index (χ2n) is 4.36. The van der Waals surface area contributed by atoms with Crippen LogP contribution in [-0.2, 0) is 0 Å². The Morgan fingerprint density at radius 3 is 2.72 bits per heavy atom. The number of benzene rings is 1. The maximum atomic E-state index is 6.06. The van der Waals surface area contributed by atoms with Crippen LogP contribution in [0, 0.1) is 9.49 Å². The van der Waals surface area contributed by atoms with E-state index in [1.807, 2.05) is 32.0 Å². The minimum absolute atomic E-state index is 0.221. The van der Waals surface area contributed by atoms with Crippen molar-refractivity contribution in [1.29, 1.82) is 0 Å². The predicted octanol–water partition coefficient (Wildman–Crippen LogP) is 3.65. The van der Waals surface area contributed by atoms with E-state index in [4.69, 9.17) is 21.9 Å². The van der Waals surface area contributed by atoms with Gasteiger partial charge in [-0.15, -0.1) is 0 Å². The fraction of sp³-hybridized carbons (Fsp3) is 0.333. The SMILES string of the molecule is CC(C)C(N)c1noc(-c2ccc(I)c(Cl)c2)n1. The summed E-state index contributed by atoms with van der Waals surface area (Å²) in [5.41, 5.74) is 6.77. The Kier molecular flexibility index (Phi) is 4.24. The highest BCUT2D eigenvalue weighted by atomic mass is 127. The van der Waals surface area contributed by atoms with Crippen LogP contribution in [0.25, 0.3) is 11.5 Å². The molecule has 0 amide bonds. The zero-order valence-electron chi connectivity index (χ0n) is 10.0. The number of hydrogen-bond donors (Lipinski definition) is 1. The summed E-state index contributed by atoms with van der Waals surface area (Å²) >= 11 is 8.23. The molecule has 1 aromatic heterocycles. The first-order valence-electron chi connectivity index (χ1n) is 5.53. The Labute approximate surface area is 124 Å². The molecule has 2 N–H and O–H groups in total. The highest BCUT2D eigenvalue weighted by molar-refractivity contribution is 14.1. The highest BCUT2D eigenvalue weighted by Crippen LogP contribution is 2.26. The van der Waals surface area contributed by atoms with Gasteiger partial charge in [0.1, 0.15) is 0 Å². The molecule has 96 valence electrons. The maximum Gasteiger partial charge on any atom is 0.258 e. The minimum Gasteiger partial charge on any atom is -0.334 e. The first-order chi connectivity index (χ1) is 8.49. The molecule has 0 aliphatic heterocycles. The molecule has 0 saturated carbocycles. The van der Waals surface area contributed by atoms with Crippen molar-refractivity contribution in [1.82, 2.24) is 10.1 Å². The average Bonchev–Trinajstić information content (AvgIpc) is 2.81. The quantitative estimate of drug-likeness (QED) is 0.829. The van der Waals surface area contributed by atoms with Gasteiger partial charge in [0.2, 0.25) is 0 Å². The Morgan fingerprint density at radius 2 is 2.11 bits per heavy atom. The van der Waals surface area contributed by atoms with Crippen molar-refractivity contribution < 1.29 is 4.52 Å². The van der Waals surface area contributed by atoms with E-state index in [0.29, 0.717) is 16.7 Å². The second-order valence-corrected chi connectivity index (χ2v) is 5.93. The second kappa shape index (κ2) is 5.54. The summed E-state index contributed by atoms with van der Waals surface area (Å²) in [5.74, 6) is 1.23. The van der Waals surface area contributed by atoms with Crippen molar-refractivity contribution in [2.45, 2.75) is 19.9 Å².